The number of carbonyl (C=O) groups excluding carboxylic acids is 2. The molecule has 1 amide bonds. The summed E-state index contributed by atoms with van der Waals surface area (Å²) < 4.78 is 26.5. The number of halogens is 2. The van der Waals surface area contributed by atoms with Gasteiger partial charge in [-0.15, -0.1) is 0 Å². The van der Waals surface area contributed by atoms with Crippen LogP contribution in [-0.4, -0.2) is 40.8 Å². The van der Waals surface area contributed by atoms with E-state index in [0.29, 0.717) is 31.5 Å². The van der Waals surface area contributed by atoms with Crippen LogP contribution in [0.25, 0.3) is 0 Å². The lowest BCUT2D eigenvalue weighted by atomic mass is 9.88. The zero-order valence-corrected chi connectivity index (χ0v) is 14.3. The highest BCUT2D eigenvalue weighted by Gasteiger charge is 2.29. The molecule has 0 radical (unpaired) electrons. The number of hydrogen-bond donors (Lipinski definition) is 1. The second-order valence-corrected chi connectivity index (χ2v) is 6.44. The van der Waals surface area contributed by atoms with Gasteiger partial charge in [-0.1, -0.05) is 0 Å². The number of ketones is 1. The predicted octanol–water partition coefficient (Wildman–Crippen LogP) is 3.40. The molecule has 140 valence electrons. The van der Waals surface area contributed by atoms with Crippen molar-refractivity contribution in [1.29, 1.82) is 0 Å². The summed E-state index contributed by atoms with van der Waals surface area (Å²) >= 11 is 0. The molecule has 0 bridgehead atoms. The number of carboxylic acids is 1. The number of carboxylic acid groups (broad SMARTS) is 1. The van der Waals surface area contributed by atoms with Crippen LogP contribution in [-0.2, 0) is 0 Å². The maximum Gasteiger partial charge on any atom is 0.338 e. The first-order chi connectivity index (χ1) is 12.9. The molecule has 0 spiro atoms. The molecule has 1 aliphatic heterocycles. The zero-order chi connectivity index (χ0) is 19.6. The van der Waals surface area contributed by atoms with Crippen LogP contribution in [0, 0.1) is 17.6 Å². The molecule has 7 heteroatoms. The summed E-state index contributed by atoms with van der Waals surface area (Å²) in [5.41, 5.74) is -0.0230. The summed E-state index contributed by atoms with van der Waals surface area (Å²) in [5, 5.41) is 8.98. The number of aromatic carboxylic acids is 1. The minimum absolute atomic E-state index is 0.0861. The van der Waals surface area contributed by atoms with Gasteiger partial charge in [0.1, 0.15) is 11.6 Å². The molecule has 1 fully saturated rings. The Morgan fingerprint density at radius 3 is 2.11 bits per heavy atom. The number of amides is 1. The summed E-state index contributed by atoms with van der Waals surface area (Å²) in [7, 11) is 0. The molecule has 1 N–H and O–H groups in total. The molecular weight excluding hydrogens is 356 g/mol. The molecule has 1 heterocycles. The van der Waals surface area contributed by atoms with E-state index in [1.165, 1.54) is 35.2 Å². The number of nitrogens with zero attached hydrogens (tertiary/aromatic N) is 1. The molecular formula is C20H17F2NO4. The Hall–Kier alpha value is -3.09. The highest BCUT2D eigenvalue weighted by Crippen LogP contribution is 2.23. The van der Waals surface area contributed by atoms with E-state index in [1.807, 2.05) is 0 Å². The Morgan fingerprint density at radius 1 is 0.926 bits per heavy atom. The van der Waals surface area contributed by atoms with Crippen molar-refractivity contribution < 1.29 is 28.3 Å². The van der Waals surface area contributed by atoms with Gasteiger partial charge in [0.05, 0.1) is 5.56 Å². The third-order valence-electron chi connectivity index (χ3n) is 4.73. The van der Waals surface area contributed by atoms with E-state index in [1.54, 1.807) is 0 Å². The first kappa shape index (κ1) is 18.7. The monoisotopic (exact) mass is 373 g/mol. The third-order valence-corrected chi connectivity index (χ3v) is 4.73. The van der Waals surface area contributed by atoms with E-state index in [-0.39, 0.29) is 17.3 Å². The summed E-state index contributed by atoms with van der Waals surface area (Å²) in [4.78, 5) is 37.6. The van der Waals surface area contributed by atoms with Gasteiger partial charge in [0.2, 0.25) is 0 Å². The number of likely N-dealkylation sites (tertiary alicyclic amines) is 1. The van der Waals surface area contributed by atoms with Gasteiger partial charge in [0.15, 0.2) is 5.78 Å². The first-order valence-corrected chi connectivity index (χ1v) is 8.48. The fourth-order valence-electron chi connectivity index (χ4n) is 3.20. The minimum Gasteiger partial charge on any atom is -0.478 e. The van der Waals surface area contributed by atoms with Gasteiger partial charge in [0, 0.05) is 30.1 Å². The van der Waals surface area contributed by atoms with Crippen molar-refractivity contribution in [3.8, 4) is 0 Å². The van der Waals surface area contributed by atoms with Crippen LogP contribution in [0.2, 0.25) is 0 Å². The van der Waals surface area contributed by atoms with Crippen molar-refractivity contribution in [2.24, 2.45) is 5.92 Å². The molecule has 0 aliphatic carbocycles. The molecule has 2 aromatic carbocycles. The lowest BCUT2D eigenvalue weighted by Gasteiger charge is -2.31. The highest BCUT2D eigenvalue weighted by atomic mass is 19.1. The van der Waals surface area contributed by atoms with Crippen LogP contribution in [0.15, 0.2) is 42.5 Å². The van der Waals surface area contributed by atoms with Crippen molar-refractivity contribution in [2.75, 3.05) is 13.1 Å². The van der Waals surface area contributed by atoms with E-state index >= 15 is 0 Å². The van der Waals surface area contributed by atoms with Crippen molar-refractivity contribution in [3.63, 3.8) is 0 Å². The Labute approximate surface area is 154 Å². The highest BCUT2D eigenvalue weighted by molar-refractivity contribution is 5.99. The molecule has 3 rings (SSSR count). The van der Waals surface area contributed by atoms with Crippen LogP contribution >= 0.6 is 0 Å². The lowest BCUT2D eigenvalue weighted by Crippen LogP contribution is -2.40. The smallest absolute Gasteiger partial charge is 0.338 e. The third kappa shape index (κ3) is 4.02. The maximum absolute atomic E-state index is 13.5. The summed E-state index contributed by atoms with van der Waals surface area (Å²) in [6, 6.07) is 8.60. The molecule has 1 aliphatic rings. The van der Waals surface area contributed by atoms with Crippen molar-refractivity contribution in [3.05, 3.63) is 70.8 Å². The number of piperidine rings is 1. The minimum atomic E-state index is -1.44. The predicted molar refractivity (Wildman–Crippen MR) is 92.7 cm³/mol. The van der Waals surface area contributed by atoms with Crippen molar-refractivity contribution >= 4 is 17.7 Å². The van der Waals surface area contributed by atoms with Gasteiger partial charge >= 0.3 is 5.97 Å². The molecule has 5 nitrogen and oxygen atoms in total. The number of hydrogen-bond acceptors (Lipinski definition) is 3. The van der Waals surface area contributed by atoms with E-state index in [0.717, 1.165) is 12.1 Å². The second kappa shape index (κ2) is 7.65. The molecule has 2 aromatic rings. The number of carbonyl (C=O) groups is 3. The summed E-state index contributed by atoms with van der Waals surface area (Å²) in [6.45, 7) is 0.659. The number of Topliss-reactive ketones (excluding diaryl/α,β-unsaturated/α-hetero) is 1. The summed E-state index contributed by atoms with van der Waals surface area (Å²) in [5.74, 6) is -3.50. The Balaban J connectivity index is 1.66. The Kier molecular flexibility index (Phi) is 5.30. The molecule has 0 atom stereocenters. The maximum atomic E-state index is 13.5. The van der Waals surface area contributed by atoms with E-state index in [2.05, 4.69) is 0 Å². The van der Waals surface area contributed by atoms with E-state index < -0.39 is 29.1 Å². The molecule has 27 heavy (non-hydrogen) atoms. The standard InChI is InChI=1S/C20H17F2NO4/c21-15-4-1-12(2-5-15)18(24)13-7-9-23(10-8-13)19(25)14-3-6-17(22)16(11-14)20(26)27/h1-6,11,13H,7-10H2,(H,26,27). The largest absolute Gasteiger partial charge is 0.478 e. The Bertz CT molecular complexity index is 887. The fourth-order valence-corrected chi connectivity index (χ4v) is 3.20. The SMILES string of the molecule is O=C(O)c1cc(C(=O)N2CCC(C(=O)c3ccc(F)cc3)CC2)ccc1F. The zero-order valence-electron chi connectivity index (χ0n) is 14.3. The van der Waals surface area contributed by atoms with Gasteiger partial charge in [-0.25, -0.2) is 13.6 Å². The van der Waals surface area contributed by atoms with E-state index in [9.17, 15) is 23.2 Å². The second-order valence-electron chi connectivity index (χ2n) is 6.44. The number of rotatable bonds is 4. The summed E-state index contributed by atoms with van der Waals surface area (Å²) in [6.07, 6.45) is 0.907. The van der Waals surface area contributed by atoms with Crippen LogP contribution in [0.4, 0.5) is 8.78 Å². The van der Waals surface area contributed by atoms with Gasteiger partial charge in [-0.05, 0) is 55.3 Å². The lowest BCUT2D eigenvalue weighted by molar-refractivity contribution is 0.0649. The van der Waals surface area contributed by atoms with Crippen LogP contribution in [0.3, 0.4) is 0 Å². The van der Waals surface area contributed by atoms with Crippen molar-refractivity contribution in [1.82, 2.24) is 4.90 Å². The normalized spacial score (nSPS) is 14.8. The first-order valence-electron chi connectivity index (χ1n) is 8.48. The van der Waals surface area contributed by atoms with Gasteiger partial charge in [0.25, 0.3) is 5.91 Å². The molecule has 0 saturated carbocycles. The van der Waals surface area contributed by atoms with Crippen molar-refractivity contribution in [2.45, 2.75) is 12.8 Å². The van der Waals surface area contributed by atoms with Gasteiger partial charge in [-0.3, -0.25) is 9.59 Å². The average molecular weight is 373 g/mol. The molecule has 0 unspecified atom stereocenters. The van der Waals surface area contributed by atoms with Crippen LogP contribution in [0.5, 0.6) is 0 Å². The van der Waals surface area contributed by atoms with Crippen LogP contribution < -0.4 is 0 Å². The quantitative estimate of drug-likeness (QED) is 0.834. The number of benzene rings is 2. The van der Waals surface area contributed by atoms with E-state index in [4.69, 9.17) is 5.11 Å². The average Bonchev–Trinajstić information content (AvgIpc) is 2.68. The van der Waals surface area contributed by atoms with Gasteiger partial charge < -0.3 is 10.0 Å². The topological polar surface area (TPSA) is 74.7 Å². The molecule has 0 aromatic heterocycles. The molecule has 1 saturated heterocycles. The van der Waals surface area contributed by atoms with Gasteiger partial charge in [-0.2, -0.15) is 0 Å². The Morgan fingerprint density at radius 2 is 1.52 bits per heavy atom. The van der Waals surface area contributed by atoms with Crippen LogP contribution in [0.1, 0.15) is 43.9 Å². The fraction of sp³-hybridized carbons (Fsp3) is 0.250.